The average molecular weight is 332 g/mol. The summed E-state index contributed by atoms with van der Waals surface area (Å²) in [4.78, 5) is 49.4. The zero-order valence-corrected chi connectivity index (χ0v) is 14.6. The molecule has 0 aromatic carbocycles. The Morgan fingerprint density at radius 2 is 1.92 bits per heavy atom. The highest BCUT2D eigenvalue weighted by molar-refractivity contribution is 6.26. The molecule has 1 rings (SSSR count). The van der Waals surface area contributed by atoms with E-state index in [4.69, 9.17) is 0 Å². The Balaban J connectivity index is 3.48. The zero-order chi connectivity index (χ0) is 18.4. The molecule has 1 aliphatic heterocycles. The molecule has 3 amide bonds. The zero-order valence-electron chi connectivity index (χ0n) is 14.6. The maximum Gasteiger partial charge on any atom is 0.262 e. The molecule has 6 nitrogen and oxygen atoms in total. The van der Waals surface area contributed by atoms with Gasteiger partial charge >= 0.3 is 0 Å². The van der Waals surface area contributed by atoms with Crippen LogP contribution in [0.1, 0.15) is 33.6 Å². The number of hydrogen-bond acceptors (Lipinski definition) is 4. The molecule has 1 N–H and O–H groups in total. The standard InChI is InChI=1S/C18H24N2O4/c1-6-12(11(3)4)15-13(7-2)17(23)20(18(15)24)14(9-8-10-21)16(22)19-5/h6-7,10-11,14H,1,8-9H2,2-5H3,(H,19,22)/b13-7+,15-12-. The average Bonchev–Trinajstić information content (AvgIpc) is 2.79. The van der Waals surface area contributed by atoms with Gasteiger partial charge in [0.15, 0.2) is 0 Å². The Bertz CT molecular complexity index is 629. The molecule has 1 saturated heterocycles. The number of nitrogens with one attached hydrogen (secondary N) is 1. The first-order valence-electron chi connectivity index (χ1n) is 7.91. The second-order valence-corrected chi connectivity index (χ2v) is 5.75. The number of likely N-dealkylation sites (N-methyl/N-ethyl adjacent to an activating group) is 1. The van der Waals surface area contributed by atoms with Crippen molar-refractivity contribution in [1.82, 2.24) is 10.2 Å². The first-order chi connectivity index (χ1) is 11.3. The molecular formula is C18H24N2O4. The number of amides is 3. The molecule has 1 atom stereocenters. The summed E-state index contributed by atoms with van der Waals surface area (Å²) in [7, 11) is 1.43. The molecule has 1 heterocycles. The third-order valence-electron chi connectivity index (χ3n) is 3.99. The fourth-order valence-electron chi connectivity index (χ4n) is 2.79. The SMILES string of the molecule is C=C/C(=C1/C(=O)N(C(CCC=O)C(=O)NC)C(=O)/C1=C/C)C(C)C. The van der Waals surface area contributed by atoms with E-state index in [0.717, 1.165) is 4.90 Å². The molecule has 6 heteroatoms. The van der Waals surface area contributed by atoms with Crippen molar-refractivity contribution in [1.29, 1.82) is 0 Å². The minimum Gasteiger partial charge on any atom is -0.357 e. The van der Waals surface area contributed by atoms with Crippen molar-refractivity contribution in [2.75, 3.05) is 7.05 Å². The largest absolute Gasteiger partial charge is 0.357 e. The van der Waals surface area contributed by atoms with Gasteiger partial charge in [0, 0.05) is 19.0 Å². The van der Waals surface area contributed by atoms with E-state index in [9.17, 15) is 19.2 Å². The lowest BCUT2D eigenvalue weighted by molar-refractivity contribution is -0.145. The highest BCUT2D eigenvalue weighted by Gasteiger charge is 2.45. The van der Waals surface area contributed by atoms with E-state index < -0.39 is 23.8 Å². The molecule has 130 valence electrons. The normalized spacial score (nSPS) is 19.7. The van der Waals surface area contributed by atoms with Crippen LogP contribution in [0.3, 0.4) is 0 Å². The lowest BCUT2D eigenvalue weighted by Gasteiger charge is -2.23. The summed E-state index contributed by atoms with van der Waals surface area (Å²) in [6.07, 6.45) is 3.98. The van der Waals surface area contributed by atoms with E-state index in [2.05, 4.69) is 11.9 Å². The van der Waals surface area contributed by atoms with E-state index in [0.29, 0.717) is 11.9 Å². The number of imide groups is 1. The van der Waals surface area contributed by atoms with Gasteiger partial charge in [-0.3, -0.25) is 19.3 Å². The van der Waals surface area contributed by atoms with Gasteiger partial charge in [-0.2, -0.15) is 0 Å². The molecule has 0 spiro atoms. The molecule has 0 bridgehead atoms. The van der Waals surface area contributed by atoms with Gasteiger partial charge in [-0.25, -0.2) is 0 Å². The highest BCUT2D eigenvalue weighted by atomic mass is 16.2. The summed E-state index contributed by atoms with van der Waals surface area (Å²) >= 11 is 0. The third kappa shape index (κ3) is 3.53. The van der Waals surface area contributed by atoms with Gasteiger partial charge in [0.25, 0.3) is 11.8 Å². The summed E-state index contributed by atoms with van der Waals surface area (Å²) in [5, 5.41) is 2.45. The Hall–Kier alpha value is -2.50. The topological polar surface area (TPSA) is 83.6 Å². The Labute approximate surface area is 142 Å². The van der Waals surface area contributed by atoms with Crippen LogP contribution in [0.15, 0.2) is 35.5 Å². The highest BCUT2D eigenvalue weighted by Crippen LogP contribution is 2.33. The number of carbonyl (C=O) groups is 4. The number of allylic oxidation sites excluding steroid dienone is 3. The fourth-order valence-corrected chi connectivity index (χ4v) is 2.79. The second kappa shape index (κ2) is 8.38. The second-order valence-electron chi connectivity index (χ2n) is 5.75. The van der Waals surface area contributed by atoms with Crippen molar-refractivity contribution in [3.63, 3.8) is 0 Å². The van der Waals surface area contributed by atoms with E-state index in [1.807, 2.05) is 13.8 Å². The van der Waals surface area contributed by atoms with Gasteiger partial charge in [-0.05, 0) is 24.8 Å². The molecule has 0 aromatic heterocycles. The first kappa shape index (κ1) is 19.5. The molecule has 24 heavy (non-hydrogen) atoms. The molecule has 0 aliphatic carbocycles. The molecule has 1 fully saturated rings. The molecule has 1 unspecified atom stereocenters. The molecule has 0 aromatic rings. The van der Waals surface area contributed by atoms with Crippen molar-refractivity contribution >= 4 is 24.0 Å². The number of nitrogens with zero attached hydrogens (tertiary/aromatic N) is 1. The molecular weight excluding hydrogens is 308 g/mol. The van der Waals surface area contributed by atoms with E-state index >= 15 is 0 Å². The van der Waals surface area contributed by atoms with Crippen molar-refractivity contribution in [3.05, 3.63) is 35.5 Å². The number of rotatable bonds is 7. The van der Waals surface area contributed by atoms with E-state index in [-0.39, 0.29) is 29.9 Å². The van der Waals surface area contributed by atoms with Crippen molar-refractivity contribution in [3.8, 4) is 0 Å². The molecule has 0 radical (unpaired) electrons. The maximum absolute atomic E-state index is 12.9. The van der Waals surface area contributed by atoms with Crippen LogP contribution in [-0.4, -0.2) is 42.0 Å². The van der Waals surface area contributed by atoms with Crippen LogP contribution in [-0.2, 0) is 19.2 Å². The Kier molecular flexibility index (Phi) is 6.82. The summed E-state index contributed by atoms with van der Waals surface area (Å²) in [6.45, 7) is 9.21. The van der Waals surface area contributed by atoms with Crippen LogP contribution in [0.25, 0.3) is 0 Å². The number of carbonyl (C=O) groups excluding carboxylic acids is 4. The van der Waals surface area contributed by atoms with Gasteiger partial charge in [0.1, 0.15) is 12.3 Å². The van der Waals surface area contributed by atoms with Crippen LogP contribution < -0.4 is 5.32 Å². The lowest BCUT2D eigenvalue weighted by Crippen LogP contribution is -2.48. The van der Waals surface area contributed by atoms with Crippen LogP contribution in [0.4, 0.5) is 0 Å². The van der Waals surface area contributed by atoms with Crippen LogP contribution >= 0.6 is 0 Å². The first-order valence-corrected chi connectivity index (χ1v) is 7.91. The minimum atomic E-state index is -1.01. The van der Waals surface area contributed by atoms with Crippen molar-refractivity contribution in [2.45, 2.75) is 39.7 Å². The van der Waals surface area contributed by atoms with Gasteiger partial charge in [0.2, 0.25) is 5.91 Å². The molecule has 0 saturated carbocycles. The summed E-state index contributed by atoms with van der Waals surface area (Å²) in [5.41, 5.74) is 1.21. The summed E-state index contributed by atoms with van der Waals surface area (Å²) in [5.74, 6) is -1.51. The quantitative estimate of drug-likeness (QED) is 0.435. The monoisotopic (exact) mass is 332 g/mol. The van der Waals surface area contributed by atoms with Crippen LogP contribution in [0.2, 0.25) is 0 Å². The van der Waals surface area contributed by atoms with Crippen LogP contribution in [0.5, 0.6) is 0 Å². The van der Waals surface area contributed by atoms with Crippen molar-refractivity contribution < 1.29 is 19.2 Å². The third-order valence-corrected chi connectivity index (χ3v) is 3.99. The number of aldehydes is 1. The predicted molar refractivity (Wildman–Crippen MR) is 90.8 cm³/mol. The van der Waals surface area contributed by atoms with Gasteiger partial charge in [-0.1, -0.05) is 32.6 Å². The predicted octanol–water partition coefficient (Wildman–Crippen LogP) is 1.53. The number of hydrogen-bond donors (Lipinski definition) is 1. The van der Waals surface area contributed by atoms with Crippen molar-refractivity contribution in [2.24, 2.45) is 5.92 Å². The molecule has 1 aliphatic rings. The Morgan fingerprint density at radius 1 is 1.29 bits per heavy atom. The van der Waals surface area contributed by atoms with Gasteiger partial charge in [0.05, 0.1) is 5.57 Å². The van der Waals surface area contributed by atoms with Crippen LogP contribution in [0, 0.1) is 5.92 Å². The van der Waals surface area contributed by atoms with E-state index in [1.54, 1.807) is 19.1 Å². The Morgan fingerprint density at radius 3 is 2.33 bits per heavy atom. The summed E-state index contributed by atoms with van der Waals surface area (Å²) < 4.78 is 0. The van der Waals surface area contributed by atoms with Gasteiger partial charge in [-0.15, -0.1) is 0 Å². The van der Waals surface area contributed by atoms with Gasteiger partial charge < -0.3 is 10.1 Å². The smallest absolute Gasteiger partial charge is 0.262 e. The fraction of sp³-hybridized carbons (Fsp3) is 0.444. The number of likely N-dealkylation sites (tertiary alicyclic amines) is 1. The summed E-state index contributed by atoms with van der Waals surface area (Å²) in [6, 6.07) is -1.01. The van der Waals surface area contributed by atoms with E-state index in [1.165, 1.54) is 7.05 Å². The lowest BCUT2D eigenvalue weighted by atomic mass is 9.93. The maximum atomic E-state index is 12.9. The minimum absolute atomic E-state index is 0.00224.